The van der Waals surface area contributed by atoms with Gasteiger partial charge in [0.2, 0.25) is 0 Å². The topological polar surface area (TPSA) is 58.7 Å². The maximum Gasteiger partial charge on any atom is 0.271 e. The van der Waals surface area contributed by atoms with Gasteiger partial charge in [-0.15, -0.1) is 11.3 Å². The summed E-state index contributed by atoms with van der Waals surface area (Å²) in [5.74, 6) is 0.760. The molecule has 19 heavy (non-hydrogen) atoms. The molecule has 0 saturated heterocycles. The van der Waals surface area contributed by atoms with Crippen LogP contribution in [0, 0.1) is 16.7 Å². The number of hydrogen-bond acceptors (Lipinski definition) is 5. The molecule has 2 rings (SSSR count). The van der Waals surface area contributed by atoms with Gasteiger partial charge >= 0.3 is 0 Å². The van der Waals surface area contributed by atoms with E-state index >= 15 is 0 Å². The van der Waals surface area contributed by atoms with Gasteiger partial charge in [0.05, 0.1) is 11.6 Å². The summed E-state index contributed by atoms with van der Waals surface area (Å²) in [4.78, 5) is 16.6. The molecule has 2 aromatic rings. The fourth-order valence-corrected chi connectivity index (χ4v) is 3.49. The Morgan fingerprint density at radius 2 is 2.32 bits per heavy atom. The lowest BCUT2D eigenvalue weighted by molar-refractivity contribution is 0.435. The number of rotatable bonds is 4. The predicted octanol–water partition coefficient (Wildman–Crippen LogP) is 3.03. The lowest BCUT2D eigenvalue weighted by atomic mass is 9.93. The van der Waals surface area contributed by atoms with Crippen LogP contribution in [0.25, 0.3) is 10.2 Å². The van der Waals surface area contributed by atoms with Gasteiger partial charge in [0.25, 0.3) is 5.56 Å². The third kappa shape index (κ3) is 2.99. The van der Waals surface area contributed by atoms with Crippen molar-refractivity contribution in [1.29, 1.82) is 5.26 Å². The fourth-order valence-electron chi connectivity index (χ4n) is 1.62. The van der Waals surface area contributed by atoms with E-state index in [0.717, 1.165) is 11.3 Å². The molecule has 0 spiro atoms. The number of thiophene rings is 1. The average molecular weight is 293 g/mol. The number of thioether (sulfide) groups is 1. The molecule has 0 fully saturated rings. The molecule has 0 aliphatic rings. The molecule has 2 heterocycles. The monoisotopic (exact) mass is 293 g/mol. The Hall–Kier alpha value is -1.32. The van der Waals surface area contributed by atoms with Crippen molar-refractivity contribution in [3.05, 3.63) is 21.8 Å². The summed E-state index contributed by atoms with van der Waals surface area (Å²) in [6, 6.07) is 4.06. The zero-order chi connectivity index (χ0) is 14.0. The van der Waals surface area contributed by atoms with Crippen LogP contribution in [0.1, 0.15) is 20.3 Å². The molecule has 0 radical (unpaired) electrons. The molecule has 0 N–H and O–H groups in total. The summed E-state index contributed by atoms with van der Waals surface area (Å²) < 4.78 is 2.29. The van der Waals surface area contributed by atoms with E-state index in [1.807, 2.05) is 25.3 Å². The highest BCUT2D eigenvalue weighted by atomic mass is 32.2. The third-order valence-corrected chi connectivity index (χ3v) is 5.24. The molecule has 4 nitrogen and oxygen atoms in total. The van der Waals surface area contributed by atoms with Crippen LogP contribution in [0.2, 0.25) is 0 Å². The second-order valence-corrected chi connectivity index (χ2v) is 7.04. The maximum absolute atomic E-state index is 12.1. The minimum Gasteiger partial charge on any atom is -0.290 e. The Balaban J connectivity index is 2.29. The van der Waals surface area contributed by atoms with Gasteiger partial charge in [-0.25, -0.2) is 4.98 Å². The van der Waals surface area contributed by atoms with Crippen molar-refractivity contribution in [2.75, 3.05) is 5.75 Å². The summed E-state index contributed by atoms with van der Waals surface area (Å²) >= 11 is 2.95. The van der Waals surface area contributed by atoms with Gasteiger partial charge in [-0.1, -0.05) is 25.6 Å². The van der Waals surface area contributed by atoms with Gasteiger partial charge in [-0.3, -0.25) is 9.36 Å². The molecule has 0 bridgehead atoms. The molecule has 0 unspecified atom stereocenters. The first-order valence-corrected chi connectivity index (χ1v) is 7.75. The zero-order valence-corrected chi connectivity index (χ0v) is 12.8. The predicted molar refractivity (Wildman–Crippen MR) is 79.6 cm³/mol. The van der Waals surface area contributed by atoms with Gasteiger partial charge in [-0.05, 0) is 16.9 Å². The van der Waals surface area contributed by atoms with Crippen LogP contribution < -0.4 is 5.56 Å². The largest absolute Gasteiger partial charge is 0.290 e. The molecule has 0 amide bonds. The fraction of sp³-hybridized carbons (Fsp3) is 0.462. The van der Waals surface area contributed by atoms with E-state index in [9.17, 15) is 4.79 Å². The standard InChI is InChI=1S/C13H15N3OS2/c1-13(2,5-6-14)8-19-12-15-9-4-7-18-10(9)11(17)16(12)3/h4,7H,5,8H2,1-3H3. The smallest absolute Gasteiger partial charge is 0.271 e. The maximum atomic E-state index is 12.1. The molecular weight excluding hydrogens is 278 g/mol. The van der Waals surface area contributed by atoms with Crippen molar-refractivity contribution in [3.8, 4) is 6.07 Å². The quantitative estimate of drug-likeness (QED) is 0.642. The van der Waals surface area contributed by atoms with Gasteiger partial charge < -0.3 is 0 Å². The van der Waals surface area contributed by atoms with Crippen LogP contribution >= 0.6 is 23.1 Å². The molecule has 0 saturated carbocycles. The minimum absolute atomic E-state index is 0.000546. The third-order valence-electron chi connectivity index (χ3n) is 2.80. The number of hydrogen-bond donors (Lipinski definition) is 0. The van der Waals surface area contributed by atoms with Crippen LogP contribution in [-0.4, -0.2) is 15.3 Å². The second-order valence-electron chi connectivity index (χ2n) is 5.18. The average Bonchev–Trinajstić information content (AvgIpc) is 2.80. The summed E-state index contributed by atoms with van der Waals surface area (Å²) in [5, 5.41) is 11.4. The van der Waals surface area contributed by atoms with Crippen molar-refractivity contribution in [1.82, 2.24) is 9.55 Å². The van der Waals surface area contributed by atoms with E-state index < -0.39 is 0 Å². The first-order chi connectivity index (χ1) is 8.94. The number of aromatic nitrogens is 2. The van der Waals surface area contributed by atoms with Crippen LogP contribution in [0.4, 0.5) is 0 Å². The van der Waals surface area contributed by atoms with Crippen LogP contribution in [0.15, 0.2) is 21.4 Å². The Morgan fingerprint density at radius 3 is 3.00 bits per heavy atom. The second kappa shape index (κ2) is 5.35. The summed E-state index contributed by atoms with van der Waals surface area (Å²) in [7, 11) is 1.74. The van der Waals surface area contributed by atoms with Crippen LogP contribution in [0.3, 0.4) is 0 Å². The first kappa shape index (κ1) is 14.1. The highest BCUT2D eigenvalue weighted by Gasteiger charge is 2.19. The highest BCUT2D eigenvalue weighted by Crippen LogP contribution is 2.29. The van der Waals surface area contributed by atoms with Crippen molar-refractivity contribution in [2.24, 2.45) is 12.5 Å². The van der Waals surface area contributed by atoms with Crippen molar-refractivity contribution in [3.63, 3.8) is 0 Å². The first-order valence-electron chi connectivity index (χ1n) is 5.88. The van der Waals surface area contributed by atoms with Gasteiger partial charge in [-0.2, -0.15) is 5.26 Å². The van der Waals surface area contributed by atoms with Gasteiger partial charge in [0.15, 0.2) is 5.16 Å². The Kier molecular flexibility index (Phi) is 3.97. The van der Waals surface area contributed by atoms with Crippen molar-refractivity contribution >= 4 is 33.3 Å². The molecule has 6 heteroatoms. The molecule has 2 aromatic heterocycles. The SMILES string of the molecule is Cn1c(SCC(C)(C)CC#N)nc2ccsc2c1=O. The summed E-state index contributed by atoms with van der Waals surface area (Å²) in [6.07, 6.45) is 0.495. The van der Waals surface area contributed by atoms with E-state index in [4.69, 9.17) is 5.26 Å². The van der Waals surface area contributed by atoms with Crippen LogP contribution in [-0.2, 0) is 7.05 Å². The van der Waals surface area contributed by atoms with E-state index in [0.29, 0.717) is 16.3 Å². The van der Waals surface area contributed by atoms with Crippen molar-refractivity contribution < 1.29 is 0 Å². The van der Waals surface area contributed by atoms with Gasteiger partial charge in [0, 0.05) is 19.2 Å². The summed E-state index contributed by atoms with van der Waals surface area (Å²) in [6.45, 7) is 4.09. The highest BCUT2D eigenvalue weighted by molar-refractivity contribution is 7.99. The molecule has 100 valence electrons. The number of nitrogens with zero attached hydrogens (tertiary/aromatic N) is 3. The van der Waals surface area contributed by atoms with E-state index in [-0.39, 0.29) is 11.0 Å². The van der Waals surface area contributed by atoms with Gasteiger partial charge in [0.1, 0.15) is 4.70 Å². The molecular formula is C13H15N3OS2. The molecule has 0 aliphatic heterocycles. The minimum atomic E-state index is -0.0826. The summed E-state index contributed by atoms with van der Waals surface area (Å²) in [5.41, 5.74) is 0.676. The van der Waals surface area contributed by atoms with E-state index in [2.05, 4.69) is 11.1 Å². The lowest BCUT2D eigenvalue weighted by Crippen LogP contribution is -2.20. The Bertz CT molecular complexity index is 694. The van der Waals surface area contributed by atoms with E-state index in [1.54, 1.807) is 11.6 Å². The number of fused-ring (bicyclic) bond motifs is 1. The Morgan fingerprint density at radius 1 is 1.58 bits per heavy atom. The normalized spacial score (nSPS) is 11.7. The van der Waals surface area contributed by atoms with Crippen LogP contribution in [0.5, 0.6) is 0 Å². The number of nitriles is 1. The molecule has 0 atom stereocenters. The molecule has 0 aromatic carbocycles. The van der Waals surface area contributed by atoms with Crippen molar-refractivity contribution in [2.45, 2.75) is 25.4 Å². The Labute approximate surface area is 120 Å². The zero-order valence-electron chi connectivity index (χ0n) is 11.1. The molecule has 0 aliphatic carbocycles. The lowest BCUT2D eigenvalue weighted by Gasteiger charge is -2.20. The van der Waals surface area contributed by atoms with E-state index in [1.165, 1.54) is 23.1 Å².